The van der Waals surface area contributed by atoms with Crippen LogP contribution in [0.15, 0.2) is 18.2 Å². The van der Waals surface area contributed by atoms with E-state index in [-0.39, 0.29) is 154 Å². The molecule has 6 N–H and O–H groups in total. The van der Waals surface area contributed by atoms with Gasteiger partial charge in [0.05, 0.1) is 116 Å². The fraction of sp³-hybridized carbons (Fsp3) is 0.889. The Kier molecular flexibility index (Phi) is 44.5. The number of unbranched alkanes of at least 4 members (excludes halogenated alkanes) is 3. The van der Waals surface area contributed by atoms with Crippen LogP contribution in [0.3, 0.4) is 0 Å². The molecule has 6 aliphatic rings. The Morgan fingerprint density at radius 2 is 0.362 bits per heavy atom. The van der Waals surface area contributed by atoms with Crippen LogP contribution in [-0.4, -0.2) is 280 Å². The van der Waals surface area contributed by atoms with E-state index < -0.39 is 119 Å². The third-order valence-corrected chi connectivity index (χ3v) is 30.4. The monoisotopic (exact) mass is 1960 g/mol. The highest BCUT2D eigenvalue weighted by molar-refractivity contribution is 6.01. The Morgan fingerprint density at radius 3 is 0.493 bits per heavy atom. The zero-order chi connectivity index (χ0) is 103. The maximum absolute atomic E-state index is 15.3. The minimum absolute atomic E-state index is 0.0246. The number of nitrogens with zero attached hydrogens (tertiary/aromatic N) is 6. The van der Waals surface area contributed by atoms with Gasteiger partial charge in [-0.05, 0) is 337 Å². The second kappa shape index (κ2) is 51.1. The average Bonchev–Trinajstić information content (AvgIpc) is 0.783. The van der Waals surface area contributed by atoms with Crippen LogP contribution in [-0.2, 0) is 105 Å². The summed E-state index contributed by atoms with van der Waals surface area (Å²) >= 11 is 0. The van der Waals surface area contributed by atoms with Crippen LogP contribution < -0.4 is 0 Å². The van der Waals surface area contributed by atoms with Gasteiger partial charge < -0.3 is 88.1 Å². The lowest BCUT2D eigenvalue weighted by molar-refractivity contribution is -0.261. The molecule has 6 heterocycles. The third kappa shape index (κ3) is 33.2. The molecule has 6 aliphatic heterocycles. The number of esters is 6. The van der Waals surface area contributed by atoms with Crippen molar-refractivity contribution in [3.8, 4) is 0 Å². The average molecular weight is 1960 g/mol. The van der Waals surface area contributed by atoms with E-state index in [1.807, 2.05) is 187 Å². The molecule has 7 rings (SSSR count). The molecule has 30 nitrogen and oxygen atoms in total. The zero-order valence-electron chi connectivity index (χ0n) is 90.9. The van der Waals surface area contributed by atoms with Crippen LogP contribution in [0.1, 0.15) is 416 Å². The quantitative estimate of drug-likeness (QED) is 0.0153. The van der Waals surface area contributed by atoms with Gasteiger partial charge in [-0.2, -0.15) is 30.4 Å². The van der Waals surface area contributed by atoms with E-state index in [2.05, 4.69) is 18.2 Å². The molecule has 0 amide bonds. The summed E-state index contributed by atoms with van der Waals surface area (Å²) in [7, 11) is 0. The van der Waals surface area contributed by atoms with Crippen molar-refractivity contribution in [2.45, 2.75) is 521 Å². The van der Waals surface area contributed by atoms with E-state index in [0.29, 0.717) is 193 Å². The van der Waals surface area contributed by atoms with Crippen molar-refractivity contribution < 1.29 is 117 Å². The SMILES string of the molecule is CCCCC(CCCc1cc(CCCC(CCCC)(C(=O)OCCCOC2CC(C)(C)N(O)C(C)(C)C2)C(=O)OCCCOC2CC(C)(C)N(O)C(C)(C)C2)cc(CCCC(CCCC)(C(=O)OCCCOC2CC(C)(C)N(O)C(C)(C)C2)C(=O)OCCCOC2CC(C)(C)N(O)C(C)(C)C2)c1)(C(=O)OCCCOC1CC(C)(C)N(O)C(C)(C)C1)C(=O)OCCCOC1CC(C)(C)N(O)C(C)(C)C1. The number of hydrogen-bond donors (Lipinski definition) is 6. The zero-order valence-corrected chi connectivity index (χ0v) is 90.9. The van der Waals surface area contributed by atoms with Crippen molar-refractivity contribution in [2.24, 2.45) is 16.2 Å². The number of aryl methyl sites for hydroxylation is 3. The van der Waals surface area contributed by atoms with E-state index in [0.717, 1.165) is 16.7 Å². The minimum Gasteiger partial charge on any atom is -0.465 e. The first kappa shape index (κ1) is 120. The second-order valence-electron chi connectivity index (χ2n) is 49.2. The number of carbonyl (C=O) groups excluding carboxylic acids is 6. The van der Waals surface area contributed by atoms with Crippen molar-refractivity contribution in [1.82, 2.24) is 30.4 Å². The number of hydrogen-bond acceptors (Lipinski definition) is 30. The molecule has 0 saturated carbocycles. The molecule has 1 aromatic rings. The Hall–Kier alpha value is -4.68. The highest BCUT2D eigenvalue weighted by Gasteiger charge is 2.55. The van der Waals surface area contributed by atoms with Crippen LogP contribution in [0.4, 0.5) is 0 Å². The first-order valence-electron chi connectivity index (χ1n) is 52.9. The second-order valence-corrected chi connectivity index (χ2v) is 49.2. The summed E-state index contributed by atoms with van der Waals surface area (Å²) in [5, 5.41) is 74.9. The topological polar surface area (TPSA) is 354 Å². The van der Waals surface area contributed by atoms with Crippen LogP contribution in [0.25, 0.3) is 0 Å². The van der Waals surface area contributed by atoms with Gasteiger partial charge in [0.15, 0.2) is 16.2 Å². The molecule has 798 valence electrons. The summed E-state index contributed by atoms with van der Waals surface area (Å²) in [5.74, 6) is -4.09. The van der Waals surface area contributed by atoms with Crippen LogP contribution >= 0.6 is 0 Å². The smallest absolute Gasteiger partial charge is 0.323 e. The van der Waals surface area contributed by atoms with Gasteiger partial charge in [0.1, 0.15) is 0 Å². The molecule has 1 aromatic carbocycles. The van der Waals surface area contributed by atoms with Crippen molar-refractivity contribution in [2.75, 3.05) is 79.3 Å². The molecule has 0 spiro atoms. The van der Waals surface area contributed by atoms with Gasteiger partial charge >= 0.3 is 35.8 Å². The summed E-state index contributed by atoms with van der Waals surface area (Å²) in [5.41, 5.74) is -9.09. The normalized spacial score (nSPS) is 22.3. The van der Waals surface area contributed by atoms with Gasteiger partial charge in [-0.1, -0.05) is 77.5 Å². The molecule has 0 unspecified atom stereocenters. The van der Waals surface area contributed by atoms with E-state index in [9.17, 15) is 31.2 Å². The highest BCUT2D eigenvalue weighted by atomic mass is 16.6. The molecule has 0 aromatic heterocycles. The van der Waals surface area contributed by atoms with Gasteiger partial charge in [-0.25, -0.2) is 0 Å². The standard InChI is InChI=1S/C108H192N6O24/c1-28-31-46-106(88(115)133-58-37-52-127-82-67-94(4,5)109(121)95(6,7)68-82,89(116)134-59-38-53-128-83-69-96(8,9)110(122)97(10,11)70-83)49-34-43-79-64-80(44-35-50-107(47-32-29-2,90(117)135-60-39-54-129-84-71-98(12,13)111(123)99(14,15)72-84)91(118)136-61-40-55-130-85-73-100(16,17)112(124)101(18,19)74-85)66-81(65-79)45-36-51-108(48-33-30-3,92(119)137-62-41-56-131-86-75-102(20,21)113(125)103(22,23)76-86)93(120)138-63-42-57-132-87-77-104(24,25)114(126)105(26,27)78-87/h64-66,82-87,121-126H,28-63,67-78H2,1-27H3. The van der Waals surface area contributed by atoms with Gasteiger partial charge in [0, 0.05) is 105 Å². The molecule has 0 radical (unpaired) electrons. The third-order valence-electron chi connectivity index (χ3n) is 30.4. The molecule has 6 saturated heterocycles. The van der Waals surface area contributed by atoms with E-state index in [4.69, 9.17) is 56.8 Å². The lowest BCUT2D eigenvalue weighted by atomic mass is 9.77. The maximum atomic E-state index is 15.3. The number of ether oxygens (including phenoxy) is 12. The molecule has 0 atom stereocenters. The molecular formula is C108H192N6O24. The Bertz CT molecular complexity index is 3250. The van der Waals surface area contributed by atoms with Gasteiger partial charge in [0.2, 0.25) is 0 Å². The molecular weight excluding hydrogens is 1770 g/mol. The Morgan fingerprint density at radius 1 is 0.232 bits per heavy atom. The summed E-state index contributed by atoms with van der Waals surface area (Å²) in [6.45, 7) is 55.1. The van der Waals surface area contributed by atoms with Crippen molar-refractivity contribution >= 4 is 35.8 Å². The number of benzene rings is 1. The lowest BCUT2D eigenvalue weighted by Crippen LogP contribution is -2.60. The molecule has 0 aliphatic carbocycles. The summed E-state index contributed by atoms with van der Waals surface area (Å²) in [6, 6.07) is 6.29. The predicted octanol–water partition coefficient (Wildman–Crippen LogP) is 20.3. The van der Waals surface area contributed by atoms with E-state index >= 15 is 28.8 Å². The van der Waals surface area contributed by atoms with Crippen molar-refractivity contribution in [1.29, 1.82) is 0 Å². The first-order valence-corrected chi connectivity index (χ1v) is 52.9. The largest absolute Gasteiger partial charge is 0.465 e. The summed E-state index contributed by atoms with van der Waals surface area (Å²) in [6.07, 6.45) is 14.4. The Balaban J connectivity index is 1.23. The van der Waals surface area contributed by atoms with Gasteiger partial charge in [-0.3, -0.25) is 28.8 Å². The summed E-state index contributed by atoms with van der Waals surface area (Å²) in [4.78, 5) is 92.1. The molecule has 6 fully saturated rings. The van der Waals surface area contributed by atoms with E-state index in [1.54, 1.807) is 0 Å². The van der Waals surface area contributed by atoms with Crippen molar-refractivity contribution in [3.05, 3.63) is 34.9 Å². The molecule has 30 heteroatoms. The Labute approximate surface area is 830 Å². The van der Waals surface area contributed by atoms with Gasteiger partial charge in [0.25, 0.3) is 0 Å². The number of hydroxylamine groups is 12. The minimum atomic E-state index is -1.72. The first-order chi connectivity index (χ1) is 64.1. The van der Waals surface area contributed by atoms with E-state index in [1.165, 1.54) is 30.4 Å². The molecule has 0 bridgehead atoms. The maximum Gasteiger partial charge on any atom is 0.323 e. The molecule has 138 heavy (non-hydrogen) atoms. The van der Waals surface area contributed by atoms with Crippen molar-refractivity contribution in [3.63, 3.8) is 0 Å². The van der Waals surface area contributed by atoms with Crippen LogP contribution in [0, 0.1) is 16.2 Å². The number of carbonyl (C=O) groups is 6. The number of rotatable bonds is 57. The summed E-state index contributed by atoms with van der Waals surface area (Å²) < 4.78 is 76.2. The fourth-order valence-electron chi connectivity index (χ4n) is 23.8. The number of piperidine rings is 6. The fourth-order valence-corrected chi connectivity index (χ4v) is 23.8. The predicted molar refractivity (Wildman–Crippen MR) is 529 cm³/mol. The van der Waals surface area contributed by atoms with Crippen LogP contribution in [0.2, 0.25) is 0 Å². The van der Waals surface area contributed by atoms with Crippen LogP contribution in [0.5, 0.6) is 0 Å². The highest BCUT2D eigenvalue weighted by Crippen LogP contribution is 2.47. The lowest BCUT2D eigenvalue weighted by Gasteiger charge is -2.51. The van der Waals surface area contributed by atoms with Gasteiger partial charge in [-0.15, -0.1) is 0 Å².